The smallest absolute Gasteiger partial charge is 0.196 e. The summed E-state index contributed by atoms with van der Waals surface area (Å²) in [5.41, 5.74) is 8.97. The van der Waals surface area contributed by atoms with Crippen LogP contribution in [0.25, 0.3) is 73.3 Å². The predicted molar refractivity (Wildman–Crippen MR) is 194 cm³/mol. The minimum Gasteiger partial charge on any atom is -0.382 e. The second kappa shape index (κ2) is 10.6. The number of para-hydroxylation sites is 2. The van der Waals surface area contributed by atoms with Crippen molar-refractivity contribution < 1.29 is 0 Å². The van der Waals surface area contributed by atoms with E-state index in [0.717, 1.165) is 34.1 Å². The number of pyridine rings is 2. The number of rotatable bonds is 4. The van der Waals surface area contributed by atoms with Crippen molar-refractivity contribution in [2.45, 2.75) is 13.3 Å². The van der Waals surface area contributed by atoms with Crippen molar-refractivity contribution in [1.82, 2.24) is 9.97 Å². The van der Waals surface area contributed by atoms with Crippen LogP contribution in [0, 0.1) is 0 Å². The van der Waals surface area contributed by atoms with E-state index >= 15 is 0 Å². The average molecular weight is 666 g/mol. The van der Waals surface area contributed by atoms with Crippen molar-refractivity contribution in [3.63, 3.8) is 0 Å². The van der Waals surface area contributed by atoms with E-state index < -0.39 is 0 Å². The molecule has 8 aromatic rings. The van der Waals surface area contributed by atoms with Gasteiger partial charge in [0.05, 0.1) is 50.7 Å². The molecule has 0 fully saturated rings. The minimum atomic E-state index is -0.155. The number of benzene rings is 4. The lowest BCUT2D eigenvalue weighted by molar-refractivity contribution is 0.974. The highest BCUT2D eigenvalue weighted by Crippen LogP contribution is 2.42. The molecule has 0 aliphatic rings. The molecule has 0 saturated carbocycles. The van der Waals surface area contributed by atoms with Crippen molar-refractivity contribution in [3.8, 4) is 11.1 Å². The summed E-state index contributed by atoms with van der Waals surface area (Å²) in [6, 6.07) is 22.4. The summed E-state index contributed by atoms with van der Waals surface area (Å²) in [6.07, 6.45) is 0.917. The van der Waals surface area contributed by atoms with Crippen LogP contribution in [-0.4, -0.2) is 16.5 Å². The van der Waals surface area contributed by atoms with Crippen LogP contribution in [0.1, 0.15) is 13.3 Å². The molecule has 0 unspecified atom stereocenters. The summed E-state index contributed by atoms with van der Waals surface area (Å²) in [4.78, 5) is 37.8. The maximum atomic E-state index is 14.4. The van der Waals surface area contributed by atoms with Gasteiger partial charge in [0.25, 0.3) is 0 Å². The normalized spacial score (nSPS) is 11.9. The van der Waals surface area contributed by atoms with Crippen LogP contribution in [-0.2, 0) is 0 Å². The zero-order valence-electron chi connectivity index (χ0n) is 23.7. The number of halogens is 2. The molecule has 4 aromatic carbocycles. The fraction of sp³-hybridized carbons (Fsp3) is 0.0857. The van der Waals surface area contributed by atoms with E-state index in [1.54, 1.807) is 18.2 Å². The number of aromatic nitrogens is 2. The first-order valence-corrected chi connectivity index (χ1v) is 16.7. The van der Waals surface area contributed by atoms with Crippen LogP contribution in [0.2, 0.25) is 10.0 Å². The van der Waals surface area contributed by atoms with Crippen molar-refractivity contribution in [2.75, 3.05) is 17.6 Å². The number of nitrogens with two attached hydrogens (primary N) is 1. The van der Waals surface area contributed by atoms with Crippen LogP contribution in [0.4, 0.5) is 11.6 Å². The highest BCUT2D eigenvalue weighted by atomic mass is 35.5. The minimum absolute atomic E-state index is 0.120. The van der Waals surface area contributed by atoms with Crippen molar-refractivity contribution in [3.05, 3.63) is 103 Å². The first-order chi connectivity index (χ1) is 21.9. The number of nitrogens with one attached hydrogen (secondary N) is 1. The third-order valence-corrected chi connectivity index (χ3v) is 11.4. The molecule has 220 valence electrons. The zero-order chi connectivity index (χ0) is 31.0. The Bertz CT molecular complexity index is 2690. The lowest BCUT2D eigenvalue weighted by atomic mass is 9.98. The number of hydrogen-bond donors (Lipinski definition) is 2. The molecule has 0 radical (unpaired) electrons. The van der Waals surface area contributed by atoms with E-state index in [4.69, 9.17) is 38.9 Å². The Balaban J connectivity index is 1.44. The summed E-state index contributed by atoms with van der Waals surface area (Å²) in [6.45, 7) is 2.81. The van der Waals surface area contributed by atoms with Crippen LogP contribution in [0.5, 0.6) is 0 Å². The molecule has 45 heavy (non-hydrogen) atoms. The topological polar surface area (TPSA) is 98.0 Å². The number of anilines is 2. The van der Waals surface area contributed by atoms with Gasteiger partial charge in [0, 0.05) is 33.7 Å². The number of fused-ring (bicyclic) bond motifs is 8. The Labute approximate surface area is 273 Å². The number of nitrogen functional groups attached to an aromatic ring is 1. The molecule has 0 bridgehead atoms. The first kappa shape index (κ1) is 28.2. The van der Waals surface area contributed by atoms with Crippen molar-refractivity contribution in [2.24, 2.45) is 0 Å². The van der Waals surface area contributed by atoms with E-state index in [2.05, 4.69) is 12.2 Å². The summed E-state index contributed by atoms with van der Waals surface area (Å²) < 4.78 is 2.72. The van der Waals surface area contributed by atoms with E-state index in [-0.39, 0.29) is 16.7 Å². The maximum Gasteiger partial charge on any atom is 0.196 e. The lowest BCUT2D eigenvalue weighted by Crippen LogP contribution is -2.08. The Morgan fingerprint density at radius 3 is 2.27 bits per heavy atom. The van der Waals surface area contributed by atoms with Crippen LogP contribution in [0.15, 0.2) is 82.4 Å². The molecule has 6 nitrogen and oxygen atoms in total. The molecule has 0 aliphatic carbocycles. The molecule has 3 N–H and O–H groups in total. The average Bonchev–Trinajstić information content (AvgIpc) is 3.04. The van der Waals surface area contributed by atoms with Gasteiger partial charge in [0.2, 0.25) is 0 Å². The molecule has 4 heterocycles. The Hall–Kier alpha value is -4.34. The highest BCUT2D eigenvalue weighted by molar-refractivity contribution is 7.26. The summed E-state index contributed by atoms with van der Waals surface area (Å²) in [5.74, 6) is 0.920. The monoisotopic (exact) mass is 664 g/mol. The molecule has 0 spiro atoms. The lowest BCUT2D eigenvalue weighted by Gasteiger charge is -2.14. The quantitative estimate of drug-likeness (QED) is 0.144. The Morgan fingerprint density at radius 2 is 1.42 bits per heavy atom. The predicted octanol–water partition coefficient (Wildman–Crippen LogP) is 9.62. The molecular weight excluding hydrogens is 643 g/mol. The van der Waals surface area contributed by atoms with Gasteiger partial charge >= 0.3 is 0 Å². The number of nitrogens with zero attached hydrogens (tertiary/aromatic N) is 2. The standard InChI is InChI=1S/C35H22Cl2N4O2S2/c1-2-13-39-35-33-25(18-7-3-4-12-24(18)40-35)29(43)21-14-16(15-23(37)31(21)45-33)17-8-5-9-19-26-28(42)20-10-6-11-22(36)30(20)44-32(26)34(38)41-27(17)19/h3-12,14-15H,2,13H2,1H3,(H2,38,41)(H,39,40). The summed E-state index contributed by atoms with van der Waals surface area (Å²) >= 11 is 16.2. The van der Waals surface area contributed by atoms with Crippen LogP contribution in [0.3, 0.4) is 0 Å². The van der Waals surface area contributed by atoms with E-state index in [1.165, 1.54) is 22.7 Å². The third-order valence-electron chi connectivity index (χ3n) is 8.06. The summed E-state index contributed by atoms with van der Waals surface area (Å²) in [7, 11) is 0. The van der Waals surface area contributed by atoms with Gasteiger partial charge in [-0.15, -0.1) is 22.7 Å². The second-order valence-corrected chi connectivity index (χ2v) is 13.7. The van der Waals surface area contributed by atoms with Crippen LogP contribution < -0.4 is 21.9 Å². The van der Waals surface area contributed by atoms with E-state index in [1.807, 2.05) is 54.6 Å². The molecular formula is C35H22Cl2N4O2S2. The Morgan fingerprint density at radius 1 is 0.733 bits per heavy atom. The molecule has 4 aromatic heterocycles. The Kier molecular flexibility index (Phi) is 6.65. The first-order valence-electron chi connectivity index (χ1n) is 14.3. The molecule has 8 rings (SSSR count). The maximum absolute atomic E-state index is 14.4. The van der Waals surface area contributed by atoms with E-state index in [0.29, 0.717) is 68.0 Å². The van der Waals surface area contributed by atoms with Gasteiger partial charge in [-0.05, 0) is 42.3 Å². The van der Waals surface area contributed by atoms with Gasteiger partial charge in [0.1, 0.15) is 11.6 Å². The third kappa shape index (κ3) is 4.28. The molecule has 0 atom stereocenters. The van der Waals surface area contributed by atoms with Gasteiger partial charge in [0.15, 0.2) is 10.9 Å². The van der Waals surface area contributed by atoms with Gasteiger partial charge in [-0.2, -0.15) is 0 Å². The van der Waals surface area contributed by atoms with E-state index in [9.17, 15) is 9.59 Å². The fourth-order valence-electron chi connectivity index (χ4n) is 6.02. The molecule has 0 saturated heterocycles. The number of hydrogen-bond acceptors (Lipinski definition) is 8. The van der Waals surface area contributed by atoms with Crippen LogP contribution >= 0.6 is 45.9 Å². The van der Waals surface area contributed by atoms with Gasteiger partial charge < -0.3 is 11.1 Å². The second-order valence-electron chi connectivity index (χ2n) is 10.8. The van der Waals surface area contributed by atoms with Gasteiger partial charge in [-0.1, -0.05) is 72.6 Å². The molecule has 10 heteroatoms. The van der Waals surface area contributed by atoms with Crippen molar-refractivity contribution >= 4 is 120 Å². The largest absolute Gasteiger partial charge is 0.382 e. The fourth-order valence-corrected chi connectivity index (χ4v) is 8.88. The summed E-state index contributed by atoms with van der Waals surface area (Å²) in [5, 5.41) is 7.95. The van der Waals surface area contributed by atoms with Crippen molar-refractivity contribution in [1.29, 1.82) is 0 Å². The highest BCUT2D eigenvalue weighted by Gasteiger charge is 2.20. The molecule has 0 aliphatic heterocycles. The zero-order valence-corrected chi connectivity index (χ0v) is 26.8. The van der Waals surface area contributed by atoms with Gasteiger partial charge in [-0.3, -0.25) is 9.59 Å². The SMILES string of the molecule is CCCNc1nc2ccccc2c2c(=O)c3cc(-c4cccc5c4nc(N)c4sc6c(Cl)cccc6c(=O)c45)cc(Cl)c3sc12. The van der Waals surface area contributed by atoms with Gasteiger partial charge in [-0.25, -0.2) is 9.97 Å². The molecule has 0 amide bonds.